The molecule has 166 valence electrons. The summed E-state index contributed by atoms with van der Waals surface area (Å²) in [5, 5.41) is 0.752. The SMILES string of the molecule is CCCN1C(=O)/C(=C/c2ccc3c(c2)C(C)=CC(C)(C)N3CC)SC1=Nc1ccccc1. The van der Waals surface area contributed by atoms with Gasteiger partial charge < -0.3 is 4.90 Å². The van der Waals surface area contributed by atoms with E-state index in [-0.39, 0.29) is 11.4 Å². The van der Waals surface area contributed by atoms with Gasteiger partial charge in [-0.15, -0.1) is 0 Å². The van der Waals surface area contributed by atoms with Crippen molar-refractivity contribution in [3.63, 3.8) is 0 Å². The summed E-state index contributed by atoms with van der Waals surface area (Å²) in [5.74, 6) is 0.0350. The summed E-state index contributed by atoms with van der Waals surface area (Å²) in [6.07, 6.45) is 5.23. The maximum absolute atomic E-state index is 13.2. The van der Waals surface area contributed by atoms with Crippen molar-refractivity contribution in [2.45, 2.75) is 46.6 Å². The van der Waals surface area contributed by atoms with Crippen LogP contribution in [0, 0.1) is 0 Å². The summed E-state index contributed by atoms with van der Waals surface area (Å²) in [7, 11) is 0. The Morgan fingerprint density at radius 1 is 1.09 bits per heavy atom. The van der Waals surface area contributed by atoms with Crippen LogP contribution < -0.4 is 4.90 Å². The Kier molecular flexibility index (Phi) is 6.29. The largest absolute Gasteiger partial charge is 0.363 e. The number of carbonyl (C=O) groups is 1. The van der Waals surface area contributed by atoms with Crippen molar-refractivity contribution in [1.29, 1.82) is 0 Å². The third-order valence-corrected chi connectivity index (χ3v) is 6.94. The van der Waals surface area contributed by atoms with Gasteiger partial charge in [-0.1, -0.05) is 37.3 Å². The van der Waals surface area contributed by atoms with Crippen LogP contribution in [-0.4, -0.2) is 34.6 Å². The fraction of sp³-hybridized carbons (Fsp3) is 0.333. The molecule has 0 saturated carbocycles. The van der Waals surface area contributed by atoms with Crippen molar-refractivity contribution in [1.82, 2.24) is 4.90 Å². The molecule has 5 heteroatoms. The Morgan fingerprint density at radius 2 is 1.84 bits per heavy atom. The topological polar surface area (TPSA) is 35.9 Å². The van der Waals surface area contributed by atoms with Crippen molar-refractivity contribution in [3.05, 3.63) is 70.6 Å². The van der Waals surface area contributed by atoms with Gasteiger partial charge in [0.25, 0.3) is 5.91 Å². The summed E-state index contributed by atoms with van der Waals surface area (Å²) in [4.78, 5) is 22.9. The predicted molar refractivity (Wildman–Crippen MR) is 138 cm³/mol. The van der Waals surface area contributed by atoms with E-state index < -0.39 is 0 Å². The van der Waals surface area contributed by atoms with Crippen molar-refractivity contribution < 1.29 is 4.79 Å². The maximum Gasteiger partial charge on any atom is 0.266 e. The minimum atomic E-state index is -0.00740. The Morgan fingerprint density at radius 3 is 2.53 bits per heavy atom. The van der Waals surface area contributed by atoms with Crippen LogP contribution in [0.2, 0.25) is 0 Å². The number of nitrogens with zero attached hydrogens (tertiary/aromatic N) is 3. The first-order chi connectivity index (χ1) is 15.3. The molecule has 1 saturated heterocycles. The molecular weight excluding hydrogens is 414 g/mol. The quantitative estimate of drug-likeness (QED) is 0.479. The first-order valence-corrected chi connectivity index (χ1v) is 12.1. The van der Waals surface area contributed by atoms with Crippen LogP contribution in [0.15, 0.2) is 64.5 Å². The first-order valence-electron chi connectivity index (χ1n) is 11.3. The lowest BCUT2D eigenvalue weighted by Crippen LogP contribution is -2.44. The molecule has 0 atom stereocenters. The van der Waals surface area contributed by atoms with Gasteiger partial charge in [-0.05, 0) is 87.4 Å². The second kappa shape index (κ2) is 8.99. The highest BCUT2D eigenvalue weighted by Gasteiger charge is 2.33. The van der Waals surface area contributed by atoms with Crippen LogP contribution in [0.1, 0.15) is 52.2 Å². The standard InChI is InChI=1S/C27H31N3OS/c1-6-15-29-25(31)24(32-26(29)28-21-11-9-8-10-12-21)17-20-13-14-23-22(16-20)19(3)18-27(4,5)30(23)7-2/h8-14,16-18H,6-7,15H2,1-5H3/b24-17-,28-26?. The lowest BCUT2D eigenvalue weighted by Gasteiger charge is -2.42. The third kappa shape index (κ3) is 4.26. The van der Waals surface area contributed by atoms with Gasteiger partial charge in [0.05, 0.1) is 16.1 Å². The molecule has 2 aliphatic rings. The van der Waals surface area contributed by atoms with E-state index in [1.165, 1.54) is 28.6 Å². The van der Waals surface area contributed by atoms with Crippen molar-refractivity contribution in [3.8, 4) is 0 Å². The maximum atomic E-state index is 13.2. The molecule has 4 nitrogen and oxygen atoms in total. The Bertz CT molecular complexity index is 1110. The smallest absolute Gasteiger partial charge is 0.266 e. The predicted octanol–water partition coefficient (Wildman–Crippen LogP) is 6.72. The fourth-order valence-corrected chi connectivity index (χ4v) is 5.57. The van der Waals surface area contributed by atoms with Crippen LogP contribution >= 0.6 is 11.8 Å². The molecule has 0 bridgehead atoms. The van der Waals surface area contributed by atoms with Crippen molar-refractivity contribution >= 4 is 45.9 Å². The zero-order valence-electron chi connectivity index (χ0n) is 19.6. The number of amides is 1. The molecule has 0 spiro atoms. The number of hydrogen-bond acceptors (Lipinski definition) is 4. The van der Waals surface area contributed by atoms with Crippen LogP contribution in [0.3, 0.4) is 0 Å². The fourth-order valence-electron chi connectivity index (χ4n) is 4.54. The summed E-state index contributed by atoms with van der Waals surface area (Å²) >= 11 is 1.46. The molecule has 0 aromatic heterocycles. The van der Waals surface area contributed by atoms with Gasteiger partial charge in [0, 0.05) is 24.3 Å². The number of anilines is 1. The van der Waals surface area contributed by atoms with Gasteiger partial charge in [-0.25, -0.2) is 4.99 Å². The minimum absolute atomic E-state index is 0.00740. The Hall–Kier alpha value is -2.79. The number of benzene rings is 2. The number of fused-ring (bicyclic) bond motifs is 1. The molecule has 2 aromatic carbocycles. The number of rotatable bonds is 5. The molecule has 2 heterocycles. The van der Waals surface area contributed by atoms with Crippen molar-refractivity contribution in [2.24, 2.45) is 4.99 Å². The lowest BCUT2D eigenvalue weighted by molar-refractivity contribution is -0.122. The molecule has 0 aliphatic carbocycles. The van der Waals surface area contributed by atoms with Crippen LogP contribution in [-0.2, 0) is 4.79 Å². The van der Waals surface area contributed by atoms with E-state index in [4.69, 9.17) is 4.99 Å². The molecular formula is C27H31N3OS. The molecule has 4 rings (SSSR count). The average molecular weight is 446 g/mol. The number of allylic oxidation sites excluding steroid dienone is 1. The molecule has 2 aliphatic heterocycles. The zero-order valence-corrected chi connectivity index (χ0v) is 20.4. The van der Waals surface area contributed by atoms with Crippen LogP contribution in [0.25, 0.3) is 11.6 Å². The van der Waals surface area contributed by atoms with E-state index in [0.29, 0.717) is 6.54 Å². The van der Waals surface area contributed by atoms with Crippen molar-refractivity contribution in [2.75, 3.05) is 18.0 Å². The third-order valence-electron chi connectivity index (χ3n) is 5.93. The molecule has 0 N–H and O–H groups in total. The number of aliphatic imine (C=N–C) groups is 1. The van der Waals surface area contributed by atoms with Gasteiger partial charge >= 0.3 is 0 Å². The highest BCUT2D eigenvalue weighted by Crippen LogP contribution is 2.40. The second-order valence-corrected chi connectivity index (χ2v) is 9.81. The first kappa shape index (κ1) is 22.4. The number of likely N-dealkylation sites (N-methyl/N-ethyl adjacent to an activating group) is 1. The van der Waals surface area contributed by atoms with E-state index in [1.54, 1.807) is 4.90 Å². The highest BCUT2D eigenvalue weighted by atomic mass is 32.2. The molecule has 1 amide bonds. The Balaban J connectivity index is 1.69. The lowest BCUT2D eigenvalue weighted by atomic mass is 9.88. The molecule has 0 radical (unpaired) electrons. The Labute approximate surface area is 195 Å². The van der Waals surface area contributed by atoms with Gasteiger partial charge in [0.15, 0.2) is 5.17 Å². The zero-order chi connectivity index (χ0) is 22.9. The number of hydrogen-bond donors (Lipinski definition) is 0. The summed E-state index contributed by atoms with van der Waals surface area (Å²) in [5.41, 5.74) is 5.66. The summed E-state index contributed by atoms with van der Waals surface area (Å²) in [6.45, 7) is 12.6. The van der Waals surface area contributed by atoms with Gasteiger partial charge in [-0.3, -0.25) is 9.69 Å². The van der Waals surface area contributed by atoms with Crippen LogP contribution in [0.5, 0.6) is 0 Å². The molecule has 2 aromatic rings. The average Bonchev–Trinajstić information content (AvgIpc) is 3.03. The summed E-state index contributed by atoms with van der Waals surface area (Å²) in [6, 6.07) is 16.3. The number of carbonyl (C=O) groups excluding carboxylic acids is 1. The van der Waals surface area contributed by atoms with E-state index in [0.717, 1.165) is 34.3 Å². The second-order valence-electron chi connectivity index (χ2n) is 8.80. The number of thioether (sulfide) groups is 1. The summed E-state index contributed by atoms with van der Waals surface area (Å²) < 4.78 is 0. The van der Waals surface area contributed by atoms with E-state index in [1.807, 2.05) is 36.4 Å². The monoisotopic (exact) mass is 445 g/mol. The molecule has 0 unspecified atom stereocenters. The van der Waals surface area contributed by atoms with Crippen LogP contribution in [0.4, 0.5) is 11.4 Å². The van der Waals surface area contributed by atoms with Gasteiger partial charge in [0.1, 0.15) is 0 Å². The minimum Gasteiger partial charge on any atom is -0.363 e. The number of amidine groups is 1. The van der Waals surface area contributed by atoms with E-state index in [2.05, 4.69) is 63.8 Å². The van der Waals surface area contributed by atoms with E-state index in [9.17, 15) is 4.79 Å². The molecule has 32 heavy (non-hydrogen) atoms. The van der Waals surface area contributed by atoms with Gasteiger partial charge in [0.2, 0.25) is 0 Å². The normalized spacial score (nSPS) is 20.2. The van der Waals surface area contributed by atoms with E-state index >= 15 is 0 Å². The van der Waals surface area contributed by atoms with Gasteiger partial charge in [-0.2, -0.15) is 0 Å². The number of para-hydroxylation sites is 1. The highest BCUT2D eigenvalue weighted by molar-refractivity contribution is 8.18. The molecule has 1 fully saturated rings.